The zero-order valence-electron chi connectivity index (χ0n) is 15.7. The maximum atomic E-state index is 12.9. The molecule has 0 unspecified atom stereocenters. The highest BCUT2D eigenvalue weighted by molar-refractivity contribution is 6.22. The maximum absolute atomic E-state index is 12.9. The third-order valence-corrected chi connectivity index (χ3v) is 4.55. The number of esters is 1. The summed E-state index contributed by atoms with van der Waals surface area (Å²) in [5.41, 5.74) is 1.31. The van der Waals surface area contributed by atoms with Gasteiger partial charge in [0.2, 0.25) is 0 Å². The van der Waals surface area contributed by atoms with Crippen molar-refractivity contribution in [3.63, 3.8) is 0 Å². The molecular weight excluding hydrogens is 379 g/mol. The second kappa shape index (κ2) is 8.64. The van der Waals surface area contributed by atoms with E-state index in [9.17, 15) is 23.6 Å². The van der Waals surface area contributed by atoms with Crippen molar-refractivity contribution in [1.29, 1.82) is 0 Å². The molecule has 7 nitrogen and oxygen atoms in total. The van der Waals surface area contributed by atoms with E-state index in [0.29, 0.717) is 6.42 Å². The van der Waals surface area contributed by atoms with Gasteiger partial charge < -0.3 is 10.1 Å². The molecule has 8 heteroatoms. The Bertz CT molecular complexity index is 923. The van der Waals surface area contributed by atoms with Crippen LogP contribution in [0.2, 0.25) is 0 Å². The van der Waals surface area contributed by atoms with Crippen molar-refractivity contribution in [2.24, 2.45) is 0 Å². The van der Waals surface area contributed by atoms with Crippen LogP contribution in [0.1, 0.15) is 33.2 Å². The average Bonchev–Trinajstić information content (AvgIpc) is 2.98. The van der Waals surface area contributed by atoms with Gasteiger partial charge in [0.25, 0.3) is 17.7 Å². The maximum Gasteiger partial charge on any atom is 0.329 e. The topological polar surface area (TPSA) is 92.8 Å². The second-order valence-corrected chi connectivity index (χ2v) is 6.54. The van der Waals surface area contributed by atoms with Gasteiger partial charge in [0.1, 0.15) is 11.9 Å². The zero-order chi connectivity index (χ0) is 21.0. The molecule has 0 spiro atoms. The number of halogens is 1. The molecule has 2 aromatic carbocycles. The Morgan fingerprint density at radius 3 is 2.21 bits per heavy atom. The lowest BCUT2D eigenvalue weighted by Gasteiger charge is -2.20. The van der Waals surface area contributed by atoms with Crippen LogP contribution in [0.15, 0.2) is 48.5 Å². The first-order valence-corrected chi connectivity index (χ1v) is 9.03. The molecule has 1 atom stereocenters. The number of nitrogens with one attached hydrogen (secondary N) is 1. The van der Waals surface area contributed by atoms with E-state index in [1.54, 1.807) is 24.3 Å². The van der Waals surface area contributed by atoms with Crippen molar-refractivity contribution >= 4 is 23.7 Å². The highest BCUT2D eigenvalue weighted by atomic mass is 19.1. The van der Waals surface area contributed by atoms with Crippen LogP contribution in [0.4, 0.5) is 4.39 Å². The van der Waals surface area contributed by atoms with Gasteiger partial charge in [0.05, 0.1) is 11.1 Å². The third-order valence-electron chi connectivity index (χ3n) is 4.55. The summed E-state index contributed by atoms with van der Waals surface area (Å²) in [6.07, 6.45) is 0.491. The van der Waals surface area contributed by atoms with E-state index in [-0.39, 0.29) is 23.5 Å². The summed E-state index contributed by atoms with van der Waals surface area (Å²) in [5, 5.41) is 2.58. The summed E-state index contributed by atoms with van der Waals surface area (Å²) >= 11 is 0. The molecule has 1 heterocycles. The molecular formula is C21H19FN2O5. The summed E-state index contributed by atoms with van der Waals surface area (Å²) in [4.78, 5) is 49.7. The van der Waals surface area contributed by atoms with Crippen LogP contribution >= 0.6 is 0 Å². The van der Waals surface area contributed by atoms with Crippen molar-refractivity contribution in [3.05, 3.63) is 71.0 Å². The van der Waals surface area contributed by atoms with E-state index >= 15 is 0 Å². The number of ether oxygens (including phenoxy) is 1. The van der Waals surface area contributed by atoms with Gasteiger partial charge in [-0.05, 0) is 43.2 Å². The third kappa shape index (κ3) is 4.48. The predicted octanol–water partition coefficient (Wildman–Crippen LogP) is 1.71. The summed E-state index contributed by atoms with van der Waals surface area (Å²) in [7, 11) is 0. The van der Waals surface area contributed by atoms with E-state index < -0.39 is 36.3 Å². The SMILES string of the molecule is C[C@@H](C(=O)OCC(=O)NCCc1ccc(F)cc1)N1C(=O)c2ccccc2C1=O. The molecule has 2 aromatic rings. The quantitative estimate of drug-likeness (QED) is 0.566. The summed E-state index contributed by atoms with van der Waals surface area (Å²) < 4.78 is 17.8. The van der Waals surface area contributed by atoms with Crippen LogP contribution in [0.25, 0.3) is 0 Å². The summed E-state index contributed by atoms with van der Waals surface area (Å²) in [6, 6.07) is 11.0. The lowest BCUT2D eigenvalue weighted by Crippen LogP contribution is -2.44. The molecule has 0 radical (unpaired) electrons. The van der Waals surface area contributed by atoms with E-state index in [0.717, 1.165) is 10.5 Å². The van der Waals surface area contributed by atoms with Crippen molar-refractivity contribution in [2.45, 2.75) is 19.4 Å². The molecule has 0 saturated heterocycles. The van der Waals surface area contributed by atoms with Crippen molar-refractivity contribution in [2.75, 3.05) is 13.2 Å². The first kappa shape index (κ1) is 20.2. The standard InChI is InChI=1S/C21H19FN2O5/c1-13(24-19(26)16-4-2-3-5-17(16)20(24)27)21(28)29-12-18(25)23-11-10-14-6-8-15(22)9-7-14/h2-9,13H,10-12H2,1H3,(H,23,25)/t13-/m0/s1. The Morgan fingerprint density at radius 1 is 1.03 bits per heavy atom. The minimum atomic E-state index is -1.16. The van der Waals surface area contributed by atoms with Crippen molar-refractivity contribution in [1.82, 2.24) is 10.2 Å². The van der Waals surface area contributed by atoms with Crippen molar-refractivity contribution < 1.29 is 28.3 Å². The average molecular weight is 398 g/mol. The molecule has 0 aliphatic carbocycles. The number of benzene rings is 2. The van der Waals surface area contributed by atoms with Gasteiger partial charge in [0, 0.05) is 6.54 Å². The number of imide groups is 1. The molecule has 150 valence electrons. The molecule has 0 aromatic heterocycles. The van der Waals surface area contributed by atoms with Crippen LogP contribution in [0.3, 0.4) is 0 Å². The highest BCUT2D eigenvalue weighted by Crippen LogP contribution is 2.24. The van der Waals surface area contributed by atoms with Gasteiger partial charge in [-0.2, -0.15) is 0 Å². The van der Waals surface area contributed by atoms with Crippen molar-refractivity contribution in [3.8, 4) is 0 Å². The van der Waals surface area contributed by atoms with E-state index in [1.807, 2.05) is 0 Å². The molecule has 1 N–H and O–H groups in total. The second-order valence-electron chi connectivity index (χ2n) is 6.54. The van der Waals surface area contributed by atoms with Gasteiger partial charge in [-0.15, -0.1) is 0 Å². The lowest BCUT2D eigenvalue weighted by molar-refractivity contribution is -0.151. The van der Waals surface area contributed by atoms with Gasteiger partial charge in [-0.3, -0.25) is 19.3 Å². The molecule has 0 fully saturated rings. The number of carbonyl (C=O) groups is 4. The monoisotopic (exact) mass is 398 g/mol. The number of hydrogen-bond donors (Lipinski definition) is 1. The Morgan fingerprint density at radius 2 is 1.62 bits per heavy atom. The highest BCUT2D eigenvalue weighted by Gasteiger charge is 2.41. The van der Waals surface area contributed by atoms with Crippen LogP contribution in [0.5, 0.6) is 0 Å². The number of hydrogen-bond acceptors (Lipinski definition) is 5. The van der Waals surface area contributed by atoms with Crippen LogP contribution < -0.4 is 5.32 Å². The number of carbonyl (C=O) groups excluding carboxylic acids is 4. The van der Waals surface area contributed by atoms with E-state index in [4.69, 9.17) is 4.74 Å². The summed E-state index contributed by atoms with van der Waals surface area (Å²) in [6.45, 7) is 1.13. The van der Waals surface area contributed by atoms with Gasteiger partial charge in [-0.25, -0.2) is 9.18 Å². The number of rotatable bonds is 7. The number of nitrogens with zero attached hydrogens (tertiary/aromatic N) is 1. The van der Waals surface area contributed by atoms with Crippen LogP contribution in [-0.4, -0.2) is 47.8 Å². The van der Waals surface area contributed by atoms with Gasteiger partial charge in [0.15, 0.2) is 6.61 Å². The number of fused-ring (bicyclic) bond motifs is 1. The number of amides is 3. The van der Waals surface area contributed by atoms with Crippen LogP contribution in [-0.2, 0) is 20.7 Å². The van der Waals surface area contributed by atoms with E-state index in [2.05, 4.69) is 5.32 Å². The first-order valence-electron chi connectivity index (χ1n) is 9.03. The predicted molar refractivity (Wildman–Crippen MR) is 100 cm³/mol. The molecule has 0 bridgehead atoms. The fraction of sp³-hybridized carbons (Fsp3) is 0.238. The Labute approximate surface area is 166 Å². The molecule has 1 aliphatic heterocycles. The Balaban J connectivity index is 1.46. The van der Waals surface area contributed by atoms with Gasteiger partial charge >= 0.3 is 5.97 Å². The molecule has 3 amide bonds. The van der Waals surface area contributed by atoms with E-state index in [1.165, 1.54) is 31.2 Å². The molecule has 29 heavy (non-hydrogen) atoms. The Hall–Kier alpha value is -3.55. The largest absolute Gasteiger partial charge is 0.454 e. The van der Waals surface area contributed by atoms with Crippen LogP contribution in [0, 0.1) is 5.82 Å². The first-order chi connectivity index (χ1) is 13.9. The smallest absolute Gasteiger partial charge is 0.329 e. The minimum Gasteiger partial charge on any atom is -0.454 e. The molecule has 3 rings (SSSR count). The lowest BCUT2D eigenvalue weighted by atomic mass is 10.1. The molecule has 0 saturated carbocycles. The van der Waals surface area contributed by atoms with Gasteiger partial charge in [-0.1, -0.05) is 24.3 Å². The minimum absolute atomic E-state index is 0.232. The molecule has 1 aliphatic rings. The summed E-state index contributed by atoms with van der Waals surface area (Å²) in [5.74, 6) is -2.85. The normalized spacial score (nSPS) is 13.8. The zero-order valence-corrected chi connectivity index (χ0v) is 15.7. The Kier molecular flexibility index (Phi) is 6.01. The fourth-order valence-corrected chi connectivity index (χ4v) is 2.97. The fourth-order valence-electron chi connectivity index (χ4n) is 2.97.